The second-order valence-corrected chi connectivity index (χ2v) is 5.52. The van der Waals surface area contributed by atoms with Crippen molar-refractivity contribution < 1.29 is 23.8 Å². The first kappa shape index (κ1) is 19.2. The van der Waals surface area contributed by atoms with E-state index in [1.54, 1.807) is 55.7 Å². The van der Waals surface area contributed by atoms with Crippen molar-refractivity contribution in [2.45, 2.75) is 13.3 Å². The van der Waals surface area contributed by atoms with Gasteiger partial charge in [0.05, 0.1) is 32.0 Å². The van der Waals surface area contributed by atoms with Gasteiger partial charge < -0.3 is 14.2 Å². The van der Waals surface area contributed by atoms with E-state index in [-0.39, 0.29) is 11.8 Å². The Kier molecular flexibility index (Phi) is 6.97. The second kappa shape index (κ2) is 9.42. The summed E-state index contributed by atoms with van der Waals surface area (Å²) in [4.78, 5) is 24.2. The Balaban J connectivity index is 2.12. The molecule has 2 aromatic rings. The molecule has 0 saturated carbocycles. The molecule has 0 amide bonds. The number of carbonyl (C=O) groups excluding carboxylic acids is 2. The van der Waals surface area contributed by atoms with Gasteiger partial charge in [-0.25, -0.2) is 4.79 Å². The molecule has 0 N–H and O–H groups in total. The van der Waals surface area contributed by atoms with Gasteiger partial charge in [-0.05, 0) is 48.4 Å². The van der Waals surface area contributed by atoms with Gasteiger partial charge in [-0.2, -0.15) is 0 Å². The minimum Gasteiger partial charge on any atom is -0.497 e. The molecule has 0 saturated heterocycles. The van der Waals surface area contributed by atoms with Crippen molar-refractivity contribution >= 4 is 17.8 Å². The van der Waals surface area contributed by atoms with Crippen LogP contribution >= 0.6 is 0 Å². The number of methoxy groups -OCH3 is 2. The van der Waals surface area contributed by atoms with Crippen LogP contribution in [0.3, 0.4) is 0 Å². The molecule has 5 nitrogen and oxygen atoms in total. The van der Waals surface area contributed by atoms with E-state index >= 15 is 0 Å². The van der Waals surface area contributed by atoms with Gasteiger partial charge in [0.2, 0.25) is 0 Å². The number of carbonyl (C=O) groups is 2. The lowest BCUT2D eigenvalue weighted by molar-refractivity contribution is 0.0505. The molecule has 0 aromatic heterocycles. The normalized spacial score (nSPS) is 10.6. The third kappa shape index (κ3) is 4.96. The molecule has 2 aromatic carbocycles. The highest BCUT2D eigenvalue weighted by atomic mass is 16.5. The zero-order valence-electron chi connectivity index (χ0n) is 15.2. The topological polar surface area (TPSA) is 61.8 Å². The molecule has 0 aliphatic heterocycles. The summed E-state index contributed by atoms with van der Waals surface area (Å²) >= 11 is 0. The van der Waals surface area contributed by atoms with Gasteiger partial charge >= 0.3 is 5.97 Å². The number of ether oxygens (including phenoxy) is 3. The van der Waals surface area contributed by atoms with E-state index in [0.29, 0.717) is 29.2 Å². The molecule has 5 heteroatoms. The van der Waals surface area contributed by atoms with Crippen LogP contribution in [0.4, 0.5) is 0 Å². The van der Waals surface area contributed by atoms with Crippen molar-refractivity contribution in [3.05, 3.63) is 65.2 Å². The van der Waals surface area contributed by atoms with Gasteiger partial charge in [0, 0.05) is 0 Å². The Labute approximate surface area is 153 Å². The van der Waals surface area contributed by atoms with Gasteiger partial charge in [-0.3, -0.25) is 4.79 Å². The highest BCUT2D eigenvalue weighted by molar-refractivity contribution is 6.09. The predicted molar refractivity (Wildman–Crippen MR) is 99.9 cm³/mol. The first-order valence-electron chi connectivity index (χ1n) is 8.30. The monoisotopic (exact) mass is 354 g/mol. The molecule has 0 spiro atoms. The zero-order valence-corrected chi connectivity index (χ0v) is 15.2. The fourth-order valence-electron chi connectivity index (χ4n) is 2.28. The fraction of sp³-hybridized carbons (Fsp3) is 0.238. The lowest BCUT2D eigenvalue weighted by atomic mass is 10.1. The molecule has 0 unspecified atom stereocenters. The minimum absolute atomic E-state index is 0.202. The third-order valence-corrected chi connectivity index (χ3v) is 3.68. The van der Waals surface area contributed by atoms with Crippen molar-refractivity contribution in [1.29, 1.82) is 0 Å². The Morgan fingerprint density at radius 1 is 1.00 bits per heavy atom. The smallest absolute Gasteiger partial charge is 0.338 e. The van der Waals surface area contributed by atoms with Crippen LogP contribution in [0.1, 0.15) is 39.6 Å². The Bertz CT molecular complexity index is 791. The van der Waals surface area contributed by atoms with Crippen LogP contribution in [-0.4, -0.2) is 32.6 Å². The molecule has 0 aliphatic carbocycles. The van der Waals surface area contributed by atoms with Crippen LogP contribution < -0.4 is 9.47 Å². The van der Waals surface area contributed by atoms with Gasteiger partial charge in [0.1, 0.15) is 11.5 Å². The molecule has 0 atom stereocenters. The Hall–Kier alpha value is -3.08. The summed E-state index contributed by atoms with van der Waals surface area (Å²) in [7, 11) is 3.05. The third-order valence-electron chi connectivity index (χ3n) is 3.68. The standard InChI is InChI=1S/C21H22O5/c1-4-13-26-21(23)16-8-5-15(6-9-16)7-11-19(22)18-14-17(24-2)10-12-20(18)25-3/h5-12,14H,4,13H2,1-3H3/b11-7+. The van der Waals surface area contributed by atoms with Gasteiger partial charge in [0.25, 0.3) is 0 Å². The average Bonchev–Trinajstić information content (AvgIpc) is 2.69. The summed E-state index contributed by atoms with van der Waals surface area (Å²) in [6.07, 6.45) is 3.92. The van der Waals surface area contributed by atoms with Crippen LogP contribution in [0, 0.1) is 0 Å². The zero-order chi connectivity index (χ0) is 18.9. The summed E-state index contributed by atoms with van der Waals surface area (Å²) in [6, 6.07) is 11.9. The van der Waals surface area contributed by atoms with Crippen molar-refractivity contribution in [3.63, 3.8) is 0 Å². The molecule has 26 heavy (non-hydrogen) atoms. The molecule has 0 bridgehead atoms. The van der Waals surface area contributed by atoms with Crippen molar-refractivity contribution in [3.8, 4) is 11.5 Å². The van der Waals surface area contributed by atoms with Crippen LogP contribution in [-0.2, 0) is 4.74 Å². The first-order chi connectivity index (χ1) is 12.6. The van der Waals surface area contributed by atoms with Gasteiger partial charge in [0.15, 0.2) is 5.78 Å². The predicted octanol–water partition coefficient (Wildman–Crippen LogP) is 4.17. The van der Waals surface area contributed by atoms with E-state index in [1.807, 2.05) is 6.92 Å². The van der Waals surface area contributed by atoms with Crippen LogP contribution in [0.15, 0.2) is 48.5 Å². The van der Waals surface area contributed by atoms with E-state index in [0.717, 1.165) is 12.0 Å². The van der Waals surface area contributed by atoms with E-state index in [2.05, 4.69) is 0 Å². The quantitative estimate of drug-likeness (QED) is 0.404. The van der Waals surface area contributed by atoms with Crippen LogP contribution in [0.2, 0.25) is 0 Å². The highest BCUT2D eigenvalue weighted by Gasteiger charge is 2.11. The molecule has 0 aliphatic rings. The molecule has 0 fully saturated rings. The molecule has 2 rings (SSSR count). The number of hydrogen-bond donors (Lipinski definition) is 0. The van der Waals surface area contributed by atoms with E-state index in [9.17, 15) is 9.59 Å². The summed E-state index contributed by atoms with van der Waals surface area (Å²) in [5.74, 6) is 0.513. The molecule has 0 radical (unpaired) electrons. The number of hydrogen-bond acceptors (Lipinski definition) is 5. The molecular formula is C21H22O5. The van der Waals surface area contributed by atoms with Crippen molar-refractivity contribution in [2.24, 2.45) is 0 Å². The van der Waals surface area contributed by atoms with Crippen LogP contribution in [0.5, 0.6) is 11.5 Å². The number of esters is 1. The van der Waals surface area contributed by atoms with Gasteiger partial charge in [-0.1, -0.05) is 25.1 Å². The second-order valence-electron chi connectivity index (χ2n) is 5.52. The fourth-order valence-corrected chi connectivity index (χ4v) is 2.28. The number of allylic oxidation sites excluding steroid dienone is 1. The van der Waals surface area contributed by atoms with Crippen molar-refractivity contribution in [2.75, 3.05) is 20.8 Å². The lowest BCUT2D eigenvalue weighted by Crippen LogP contribution is -2.05. The maximum Gasteiger partial charge on any atom is 0.338 e. The summed E-state index contributed by atoms with van der Waals surface area (Å²) in [6.45, 7) is 2.34. The highest BCUT2D eigenvalue weighted by Crippen LogP contribution is 2.25. The molecule has 136 valence electrons. The Morgan fingerprint density at radius 3 is 2.35 bits per heavy atom. The molecule has 0 heterocycles. The average molecular weight is 354 g/mol. The Morgan fingerprint density at radius 2 is 1.73 bits per heavy atom. The summed E-state index contributed by atoms with van der Waals surface area (Å²) < 4.78 is 15.5. The number of rotatable bonds is 8. The van der Waals surface area contributed by atoms with E-state index in [1.165, 1.54) is 13.2 Å². The number of benzene rings is 2. The maximum absolute atomic E-state index is 12.5. The summed E-state index contributed by atoms with van der Waals surface area (Å²) in [5, 5.41) is 0. The lowest BCUT2D eigenvalue weighted by Gasteiger charge is -2.08. The molecular weight excluding hydrogens is 332 g/mol. The summed E-state index contributed by atoms with van der Waals surface area (Å²) in [5.41, 5.74) is 1.70. The SMILES string of the molecule is CCCOC(=O)c1ccc(/C=C/C(=O)c2cc(OC)ccc2OC)cc1. The van der Waals surface area contributed by atoms with E-state index in [4.69, 9.17) is 14.2 Å². The van der Waals surface area contributed by atoms with Gasteiger partial charge in [-0.15, -0.1) is 0 Å². The first-order valence-corrected chi connectivity index (χ1v) is 8.30. The van der Waals surface area contributed by atoms with Crippen LogP contribution in [0.25, 0.3) is 6.08 Å². The maximum atomic E-state index is 12.5. The van der Waals surface area contributed by atoms with E-state index < -0.39 is 0 Å². The largest absolute Gasteiger partial charge is 0.497 e. The van der Waals surface area contributed by atoms with Crippen molar-refractivity contribution in [1.82, 2.24) is 0 Å². The number of ketones is 1. The minimum atomic E-state index is -0.348.